The summed E-state index contributed by atoms with van der Waals surface area (Å²) in [6.07, 6.45) is 4.55. The van der Waals surface area contributed by atoms with Crippen molar-refractivity contribution in [3.8, 4) is 0 Å². The third-order valence-electron chi connectivity index (χ3n) is 2.45. The van der Waals surface area contributed by atoms with Crippen LogP contribution in [0.2, 0.25) is 0 Å². The van der Waals surface area contributed by atoms with Gasteiger partial charge in [0.05, 0.1) is 6.61 Å². The highest BCUT2D eigenvalue weighted by Crippen LogP contribution is 2.18. The minimum atomic E-state index is -0.337. The van der Waals surface area contributed by atoms with Crippen molar-refractivity contribution < 1.29 is 23.8 Å². The molecule has 0 aromatic rings. The zero-order chi connectivity index (χ0) is 14.3. The number of epoxide rings is 1. The average molecular weight is 268 g/mol. The molecule has 0 aromatic carbocycles. The Bertz CT molecular complexity index is 379. The Balaban J connectivity index is 0.000000191. The van der Waals surface area contributed by atoms with Gasteiger partial charge >= 0.3 is 11.9 Å². The van der Waals surface area contributed by atoms with Gasteiger partial charge < -0.3 is 14.2 Å². The lowest BCUT2D eigenvalue weighted by Crippen LogP contribution is -2.09. The molecule has 106 valence electrons. The van der Waals surface area contributed by atoms with Crippen molar-refractivity contribution in [2.24, 2.45) is 0 Å². The number of ether oxygens (including phenoxy) is 3. The first-order valence-corrected chi connectivity index (χ1v) is 6.36. The summed E-state index contributed by atoms with van der Waals surface area (Å²) < 4.78 is 14.5. The molecule has 2 aliphatic rings. The second-order valence-corrected chi connectivity index (χ2v) is 4.37. The number of allylic oxidation sites excluding steroid dienone is 2. The smallest absolute Gasteiger partial charge is 0.333 e. The molecule has 0 N–H and O–H groups in total. The van der Waals surface area contributed by atoms with Gasteiger partial charge in [-0.2, -0.15) is 0 Å². The highest BCUT2D eigenvalue weighted by Gasteiger charge is 2.24. The van der Waals surface area contributed by atoms with Gasteiger partial charge in [0.1, 0.15) is 18.5 Å². The molecule has 19 heavy (non-hydrogen) atoms. The second-order valence-electron chi connectivity index (χ2n) is 4.37. The van der Waals surface area contributed by atoms with E-state index in [4.69, 9.17) is 14.2 Å². The van der Waals surface area contributed by atoms with E-state index in [1.165, 1.54) is 0 Å². The first kappa shape index (κ1) is 15.4. The van der Waals surface area contributed by atoms with Crippen LogP contribution in [-0.2, 0) is 23.8 Å². The van der Waals surface area contributed by atoms with E-state index in [0.29, 0.717) is 25.2 Å². The van der Waals surface area contributed by atoms with Crippen LogP contribution in [-0.4, -0.2) is 31.3 Å². The zero-order valence-corrected chi connectivity index (χ0v) is 11.4. The van der Waals surface area contributed by atoms with Gasteiger partial charge in [-0.25, -0.2) is 4.79 Å². The van der Waals surface area contributed by atoms with E-state index in [0.717, 1.165) is 18.6 Å². The molecule has 0 bridgehead atoms. The van der Waals surface area contributed by atoms with Crippen LogP contribution in [0.25, 0.3) is 0 Å². The molecule has 1 aliphatic carbocycles. The van der Waals surface area contributed by atoms with Crippen molar-refractivity contribution in [1.29, 1.82) is 0 Å². The SMILES string of the molecule is C=C(C)C(=O)OCC1CO1.CCC(=O)OC1=CCC1. The molecular formula is C14H20O5. The van der Waals surface area contributed by atoms with Gasteiger partial charge in [0.25, 0.3) is 0 Å². The quantitative estimate of drug-likeness (QED) is 0.434. The predicted octanol–water partition coefficient (Wildman–Crippen LogP) is 2.12. The summed E-state index contributed by atoms with van der Waals surface area (Å²) >= 11 is 0. The number of carbonyl (C=O) groups excluding carboxylic acids is 2. The Hall–Kier alpha value is -1.62. The normalized spacial score (nSPS) is 19.1. The number of esters is 2. The average Bonchev–Trinajstić information content (AvgIpc) is 3.15. The van der Waals surface area contributed by atoms with Gasteiger partial charge in [-0.3, -0.25) is 4.79 Å². The van der Waals surface area contributed by atoms with E-state index >= 15 is 0 Å². The van der Waals surface area contributed by atoms with Crippen molar-refractivity contribution in [2.45, 2.75) is 39.2 Å². The predicted molar refractivity (Wildman–Crippen MR) is 69.2 cm³/mol. The number of carbonyl (C=O) groups is 2. The van der Waals surface area contributed by atoms with Crippen LogP contribution in [0.3, 0.4) is 0 Å². The highest BCUT2D eigenvalue weighted by atomic mass is 16.6. The zero-order valence-electron chi connectivity index (χ0n) is 11.4. The Morgan fingerprint density at radius 2 is 2.16 bits per heavy atom. The standard InChI is InChI=1S/C7H10O3.C7H10O2/c1-5(2)7(8)10-4-6-3-9-6;1-2-7(8)9-6-4-3-5-6/h6H,1,3-4H2,2H3;4H,2-3,5H2,1H3. The van der Waals surface area contributed by atoms with E-state index in [1.54, 1.807) is 13.8 Å². The van der Waals surface area contributed by atoms with Crippen molar-refractivity contribution in [1.82, 2.24) is 0 Å². The molecule has 1 heterocycles. The molecular weight excluding hydrogens is 248 g/mol. The minimum Gasteiger partial charge on any atom is -0.459 e. The van der Waals surface area contributed by atoms with Crippen molar-refractivity contribution >= 4 is 11.9 Å². The summed E-state index contributed by atoms with van der Waals surface area (Å²) in [6.45, 7) is 7.93. The molecule has 2 rings (SSSR count). The van der Waals surface area contributed by atoms with E-state index in [-0.39, 0.29) is 18.0 Å². The maximum Gasteiger partial charge on any atom is 0.333 e. The summed E-state index contributed by atoms with van der Waals surface area (Å²) in [5.41, 5.74) is 0.431. The fourth-order valence-corrected chi connectivity index (χ4v) is 1.03. The Labute approximate surface area is 113 Å². The van der Waals surface area contributed by atoms with Gasteiger partial charge in [-0.15, -0.1) is 0 Å². The van der Waals surface area contributed by atoms with Gasteiger partial charge in [0, 0.05) is 18.4 Å². The Kier molecular flexibility index (Phi) is 6.29. The summed E-state index contributed by atoms with van der Waals surface area (Å²) in [7, 11) is 0. The van der Waals surface area contributed by atoms with Gasteiger partial charge in [0.2, 0.25) is 0 Å². The Morgan fingerprint density at radius 1 is 1.53 bits per heavy atom. The van der Waals surface area contributed by atoms with E-state index < -0.39 is 0 Å². The van der Waals surface area contributed by atoms with Crippen molar-refractivity contribution in [2.75, 3.05) is 13.2 Å². The van der Waals surface area contributed by atoms with E-state index in [9.17, 15) is 9.59 Å². The summed E-state index contributed by atoms with van der Waals surface area (Å²) in [4.78, 5) is 21.2. The molecule has 1 aliphatic heterocycles. The number of rotatable bonds is 5. The summed E-state index contributed by atoms with van der Waals surface area (Å²) in [5.74, 6) is 0.387. The minimum absolute atomic E-state index is 0.124. The maximum absolute atomic E-state index is 10.7. The molecule has 0 amide bonds. The van der Waals surface area contributed by atoms with Crippen molar-refractivity contribution in [3.63, 3.8) is 0 Å². The molecule has 0 aromatic heterocycles. The summed E-state index contributed by atoms with van der Waals surface area (Å²) in [6, 6.07) is 0. The molecule has 0 spiro atoms. The van der Waals surface area contributed by atoms with Crippen LogP contribution >= 0.6 is 0 Å². The number of hydrogen-bond donors (Lipinski definition) is 0. The van der Waals surface area contributed by atoms with Gasteiger partial charge in [-0.1, -0.05) is 13.5 Å². The molecule has 0 radical (unpaired) electrons. The van der Waals surface area contributed by atoms with Gasteiger partial charge in [0.15, 0.2) is 0 Å². The van der Waals surface area contributed by atoms with Crippen LogP contribution in [0.5, 0.6) is 0 Å². The van der Waals surface area contributed by atoms with Crippen LogP contribution in [0.15, 0.2) is 24.0 Å². The lowest BCUT2D eigenvalue weighted by molar-refractivity contribution is -0.140. The third kappa shape index (κ3) is 6.76. The summed E-state index contributed by atoms with van der Waals surface area (Å²) in [5, 5.41) is 0. The fraction of sp³-hybridized carbons (Fsp3) is 0.571. The van der Waals surface area contributed by atoms with Crippen LogP contribution in [0.4, 0.5) is 0 Å². The molecule has 1 saturated heterocycles. The largest absolute Gasteiger partial charge is 0.459 e. The first-order chi connectivity index (χ1) is 9.02. The Morgan fingerprint density at radius 3 is 2.53 bits per heavy atom. The molecule has 5 nitrogen and oxygen atoms in total. The van der Waals surface area contributed by atoms with Crippen molar-refractivity contribution in [3.05, 3.63) is 24.0 Å². The fourth-order valence-electron chi connectivity index (χ4n) is 1.03. The second kappa shape index (κ2) is 7.74. The molecule has 1 unspecified atom stereocenters. The first-order valence-electron chi connectivity index (χ1n) is 6.36. The van der Waals surface area contributed by atoms with Crippen LogP contribution in [0.1, 0.15) is 33.1 Å². The van der Waals surface area contributed by atoms with Gasteiger partial charge in [-0.05, 0) is 19.4 Å². The van der Waals surface area contributed by atoms with E-state index in [1.807, 2.05) is 6.08 Å². The molecule has 5 heteroatoms. The van der Waals surface area contributed by atoms with Crippen LogP contribution in [0, 0.1) is 0 Å². The monoisotopic (exact) mass is 268 g/mol. The molecule has 0 saturated carbocycles. The third-order valence-corrected chi connectivity index (χ3v) is 2.45. The number of hydrogen-bond acceptors (Lipinski definition) is 5. The van der Waals surface area contributed by atoms with Crippen LogP contribution < -0.4 is 0 Å². The maximum atomic E-state index is 10.7. The molecule has 1 atom stereocenters. The lowest BCUT2D eigenvalue weighted by Gasteiger charge is -2.12. The highest BCUT2D eigenvalue weighted by molar-refractivity contribution is 5.86. The lowest BCUT2D eigenvalue weighted by atomic mass is 10.1. The van der Waals surface area contributed by atoms with E-state index in [2.05, 4.69) is 6.58 Å². The molecule has 1 fully saturated rings. The topological polar surface area (TPSA) is 65.1 Å².